The van der Waals surface area contributed by atoms with Gasteiger partial charge in [0, 0.05) is 5.92 Å². The lowest BCUT2D eigenvalue weighted by Gasteiger charge is -2.44. The average molecular weight is 597 g/mol. The highest BCUT2D eigenvalue weighted by Gasteiger charge is 2.63. The summed E-state index contributed by atoms with van der Waals surface area (Å²) in [6, 6.07) is 6.32. The number of fused-ring (bicyclic) bond motifs is 1. The summed E-state index contributed by atoms with van der Waals surface area (Å²) >= 11 is 0. The van der Waals surface area contributed by atoms with E-state index in [2.05, 4.69) is 0 Å². The molecule has 0 aromatic heterocycles. The maximum atomic E-state index is 10.8. The predicted octanol–water partition coefficient (Wildman–Crippen LogP) is 0.146. The molecule has 9 unspecified atom stereocenters. The van der Waals surface area contributed by atoms with Crippen LogP contribution < -0.4 is 18.9 Å². The summed E-state index contributed by atoms with van der Waals surface area (Å²) in [6.45, 7) is -0.650. The SMILES string of the molecule is COc1cc(C2OCC3(OC4OC(CO)C(O)C(O)C4O)C(c4cc(OC)c(O)c(OC)c4)OCC23)cc(OC)c1O. The molecule has 2 aromatic rings. The molecule has 14 nitrogen and oxygen atoms in total. The van der Waals surface area contributed by atoms with Crippen molar-refractivity contribution >= 4 is 0 Å². The molecule has 0 bridgehead atoms. The number of ether oxygens (including phenoxy) is 8. The second kappa shape index (κ2) is 11.9. The highest BCUT2D eigenvalue weighted by molar-refractivity contribution is 5.55. The Morgan fingerprint density at radius 1 is 0.762 bits per heavy atom. The summed E-state index contributed by atoms with van der Waals surface area (Å²) < 4.78 is 46.2. The van der Waals surface area contributed by atoms with Crippen molar-refractivity contribution in [2.75, 3.05) is 48.3 Å². The van der Waals surface area contributed by atoms with Gasteiger partial charge >= 0.3 is 0 Å². The van der Waals surface area contributed by atoms with Crippen LogP contribution in [0.1, 0.15) is 23.3 Å². The zero-order valence-corrected chi connectivity index (χ0v) is 23.5. The summed E-state index contributed by atoms with van der Waals surface area (Å²) in [5, 5.41) is 62.3. The first kappa shape index (κ1) is 30.4. The summed E-state index contributed by atoms with van der Waals surface area (Å²) in [5.74, 6) is -0.432. The van der Waals surface area contributed by atoms with Gasteiger partial charge in [-0.3, -0.25) is 0 Å². The lowest BCUT2D eigenvalue weighted by Crippen LogP contribution is -2.61. The van der Waals surface area contributed by atoms with E-state index in [9.17, 15) is 30.6 Å². The van der Waals surface area contributed by atoms with Crippen LogP contribution in [0.4, 0.5) is 0 Å². The van der Waals surface area contributed by atoms with Gasteiger partial charge in [-0.25, -0.2) is 0 Å². The van der Waals surface area contributed by atoms with Gasteiger partial charge in [0.05, 0.1) is 54.4 Å². The van der Waals surface area contributed by atoms with Gasteiger partial charge in [-0.15, -0.1) is 0 Å². The molecule has 3 heterocycles. The summed E-state index contributed by atoms with van der Waals surface area (Å²) in [6.07, 6.45) is -9.23. The van der Waals surface area contributed by atoms with Crippen molar-refractivity contribution in [3.8, 4) is 34.5 Å². The van der Waals surface area contributed by atoms with Gasteiger partial charge in [0.15, 0.2) is 29.3 Å². The number of phenolic OH excluding ortho intramolecular Hbond substituents is 2. The Balaban J connectivity index is 1.60. The number of phenols is 2. The zero-order chi connectivity index (χ0) is 30.3. The maximum absolute atomic E-state index is 10.8. The molecule has 9 atom stereocenters. The molecule has 232 valence electrons. The fraction of sp³-hybridized carbons (Fsp3) is 0.571. The van der Waals surface area contributed by atoms with E-state index in [0.717, 1.165) is 0 Å². The van der Waals surface area contributed by atoms with Gasteiger partial charge in [-0.2, -0.15) is 0 Å². The van der Waals surface area contributed by atoms with Crippen LogP contribution in [0.3, 0.4) is 0 Å². The van der Waals surface area contributed by atoms with E-state index in [0.29, 0.717) is 11.1 Å². The van der Waals surface area contributed by atoms with Crippen molar-refractivity contribution in [3.63, 3.8) is 0 Å². The minimum atomic E-state index is -1.68. The van der Waals surface area contributed by atoms with Crippen molar-refractivity contribution in [1.29, 1.82) is 0 Å². The standard InChI is InChI=1S/C28H36O14/c1-35-15-5-12(6-16(36-2)20(15)30)25-14-10-39-26(13-7-17(37-3)21(31)18(8-13)38-4)28(14,11-40-25)42-27-24(34)23(33)22(32)19(9-29)41-27/h5-8,14,19,22-27,29-34H,9-11H2,1-4H3. The molecule has 2 aromatic carbocycles. The van der Waals surface area contributed by atoms with E-state index in [1.807, 2.05) is 0 Å². The zero-order valence-electron chi connectivity index (χ0n) is 23.5. The monoisotopic (exact) mass is 596 g/mol. The molecule has 3 saturated heterocycles. The lowest BCUT2D eigenvalue weighted by atomic mass is 9.80. The van der Waals surface area contributed by atoms with Gasteiger partial charge in [-0.05, 0) is 35.4 Å². The van der Waals surface area contributed by atoms with Crippen molar-refractivity contribution < 1.29 is 68.5 Å². The van der Waals surface area contributed by atoms with E-state index in [1.54, 1.807) is 24.3 Å². The number of hydrogen-bond donors (Lipinski definition) is 6. The number of benzene rings is 2. The largest absolute Gasteiger partial charge is 0.502 e. The molecule has 3 aliphatic heterocycles. The molecule has 3 fully saturated rings. The Kier molecular flexibility index (Phi) is 8.60. The van der Waals surface area contributed by atoms with Crippen LogP contribution in [0.2, 0.25) is 0 Å². The summed E-state index contributed by atoms with van der Waals surface area (Å²) in [7, 11) is 5.58. The third kappa shape index (κ3) is 4.87. The number of rotatable bonds is 9. The molecular weight excluding hydrogens is 560 g/mol. The predicted molar refractivity (Wildman–Crippen MR) is 141 cm³/mol. The lowest BCUT2D eigenvalue weighted by molar-refractivity contribution is -0.334. The number of aliphatic hydroxyl groups excluding tert-OH is 4. The molecule has 0 amide bonds. The molecular formula is C28H36O14. The fourth-order valence-corrected chi connectivity index (χ4v) is 5.95. The molecule has 5 rings (SSSR count). The Morgan fingerprint density at radius 3 is 1.79 bits per heavy atom. The molecule has 42 heavy (non-hydrogen) atoms. The molecule has 0 radical (unpaired) electrons. The third-order valence-corrected chi connectivity index (χ3v) is 8.19. The van der Waals surface area contributed by atoms with Gasteiger partial charge in [-0.1, -0.05) is 0 Å². The Hall–Kier alpha value is -3.08. The van der Waals surface area contributed by atoms with Gasteiger partial charge in [0.1, 0.15) is 36.1 Å². The molecule has 3 aliphatic rings. The minimum Gasteiger partial charge on any atom is -0.502 e. The molecule has 0 spiro atoms. The van der Waals surface area contributed by atoms with E-state index in [4.69, 9.17) is 37.9 Å². The van der Waals surface area contributed by atoms with E-state index < -0.39 is 61.0 Å². The van der Waals surface area contributed by atoms with Crippen molar-refractivity contribution in [3.05, 3.63) is 35.4 Å². The van der Waals surface area contributed by atoms with Crippen molar-refractivity contribution in [2.45, 2.75) is 48.5 Å². The van der Waals surface area contributed by atoms with Gasteiger partial charge in [0.25, 0.3) is 0 Å². The molecule has 6 N–H and O–H groups in total. The number of aliphatic hydroxyl groups is 4. The molecule has 0 aliphatic carbocycles. The van der Waals surface area contributed by atoms with E-state index in [1.165, 1.54) is 28.4 Å². The van der Waals surface area contributed by atoms with Crippen LogP contribution in [0.5, 0.6) is 34.5 Å². The highest BCUT2D eigenvalue weighted by atomic mass is 16.7. The van der Waals surface area contributed by atoms with Crippen LogP contribution in [0.25, 0.3) is 0 Å². The average Bonchev–Trinajstić information content (AvgIpc) is 3.54. The van der Waals surface area contributed by atoms with Crippen molar-refractivity contribution in [2.24, 2.45) is 5.92 Å². The van der Waals surface area contributed by atoms with Crippen LogP contribution >= 0.6 is 0 Å². The van der Waals surface area contributed by atoms with Crippen LogP contribution in [-0.2, 0) is 18.9 Å². The van der Waals surface area contributed by atoms with Gasteiger partial charge < -0.3 is 68.5 Å². The summed E-state index contributed by atoms with van der Waals surface area (Å²) in [4.78, 5) is 0. The smallest absolute Gasteiger partial charge is 0.200 e. The number of hydrogen-bond acceptors (Lipinski definition) is 14. The van der Waals surface area contributed by atoms with Crippen LogP contribution in [0, 0.1) is 5.92 Å². The van der Waals surface area contributed by atoms with Gasteiger partial charge in [0.2, 0.25) is 11.5 Å². The maximum Gasteiger partial charge on any atom is 0.200 e. The fourth-order valence-electron chi connectivity index (χ4n) is 5.95. The quantitative estimate of drug-likeness (QED) is 0.229. The summed E-state index contributed by atoms with van der Waals surface area (Å²) in [5.41, 5.74) is -0.321. The Bertz CT molecular complexity index is 1220. The minimum absolute atomic E-state index is 0.0871. The number of methoxy groups -OCH3 is 4. The first-order valence-electron chi connectivity index (χ1n) is 13.2. The van der Waals surface area contributed by atoms with E-state index in [-0.39, 0.29) is 47.7 Å². The second-order valence-corrected chi connectivity index (χ2v) is 10.4. The normalized spacial score (nSPS) is 34.2. The first-order chi connectivity index (χ1) is 20.1. The molecule has 0 saturated carbocycles. The number of aromatic hydroxyl groups is 2. The Labute approximate surface area is 241 Å². The topological polar surface area (TPSA) is 195 Å². The van der Waals surface area contributed by atoms with E-state index >= 15 is 0 Å². The third-order valence-electron chi connectivity index (χ3n) is 8.19. The Morgan fingerprint density at radius 2 is 1.29 bits per heavy atom. The highest BCUT2D eigenvalue weighted by Crippen LogP contribution is 2.58. The van der Waals surface area contributed by atoms with Crippen LogP contribution in [-0.4, -0.2) is 115 Å². The first-order valence-corrected chi connectivity index (χ1v) is 13.2. The van der Waals surface area contributed by atoms with Crippen molar-refractivity contribution in [1.82, 2.24) is 0 Å². The van der Waals surface area contributed by atoms with Crippen LogP contribution in [0.15, 0.2) is 24.3 Å². The second-order valence-electron chi connectivity index (χ2n) is 10.4. The molecule has 14 heteroatoms.